The van der Waals surface area contributed by atoms with Crippen LogP contribution in [0.3, 0.4) is 0 Å². The lowest BCUT2D eigenvalue weighted by Gasteiger charge is -2.13. The van der Waals surface area contributed by atoms with Gasteiger partial charge in [0.15, 0.2) is 5.16 Å². The number of halogens is 1. The van der Waals surface area contributed by atoms with Crippen LogP contribution in [0.25, 0.3) is 10.9 Å². The highest BCUT2D eigenvalue weighted by molar-refractivity contribution is 8.00. The first-order chi connectivity index (χ1) is 12.6. The number of thioether (sulfide) groups is 1. The zero-order valence-corrected chi connectivity index (χ0v) is 15.3. The Kier molecular flexibility index (Phi) is 5.68. The summed E-state index contributed by atoms with van der Waals surface area (Å²) in [4.78, 5) is 21.4. The number of anilines is 2. The van der Waals surface area contributed by atoms with E-state index in [9.17, 15) is 9.18 Å². The van der Waals surface area contributed by atoms with Crippen molar-refractivity contribution in [3.05, 3.63) is 54.3 Å². The molecule has 0 aliphatic heterocycles. The van der Waals surface area contributed by atoms with Crippen LogP contribution >= 0.6 is 11.8 Å². The first kappa shape index (κ1) is 18.1. The second-order valence-corrected chi connectivity index (χ2v) is 6.94. The summed E-state index contributed by atoms with van der Waals surface area (Å²) in [5.74, 6) is -0.0291. The summed E-state index contributed by atoms with van der Waals surface area (Å²) in [6.45, 7) is 4.47. The van der Waals surface area contributed by atoms with Crippen LogP contribution in [-0.2, 0) is 4.79 Å². The maximum absolute atomic E-state index is 13.7. The number of rotatable bonds is 6. The Bertz CT molecular complexity index is 934. The molecular weight excluding hydrogens is 351 g/mol. The lowest BCUT2D eigenvalue weighted by Crippen LogP contribution is -2.23. The Balaban J connectivity index is 1.79. The van der Waals surface area contributed by atoms with Crippen LogP contribution in [0.1, 0.15) is 13.8 Å². The molecule has 1 aromatic heterocycles. The predicted molar refractivity (Wildman–Crippen MR) is 104 cm³/mol. The van der Waals surface area contributed by atoms with Gasteiger partial charge in [0, 0.05) is 11.9 Å². The van der Waals surface area contributed by atoms with Gasteiger partial charge in [-0.3, -0.25) is 4.79 Å². The maximum Gasteiger partial charge on any atom is 0.237 e. The Morgan fingerprint density at radius 1 is 1.15 bits per heavy atom. The molecule has 0 aliphatic rings. The number of nitrogens with zero attached hydrogens (tertiary/aromatic N) is 2. The second-order valence-electron chi connectivity index (χ2n) is 5.63. The molecule has 7 heteroatoms. The van der Waals surface area contributed by atoms with Gasteiger partial charge in [0.25, 0.3) is 0 Å². The molecule has 3 rings (SSSR count). The first-order valence-electron chi connectivity index (χ1n) is 8.31. The molecule has 0 aliphatic carbocycles. The zero-order valence-electron chi connectivity index (χ0n) is 14.5. The van der Waals surface area contributed by atoms with Gasteiger partial charge in [-0.2, -0.15) is 0 Å². The third kappa shape index (κ3) is 4.11. The van der Waals surface area contributed by atoms with E-state index in [0.29, 0.717) is 5.16 Å². The van der Waals surface area contributed by atoms with Crippen LogP contribution in [0.5, 0.6) is 0 Å². The molecule has 26 heavy (non-hydrogen) atoms. The topological polar surface area (TPSA) is 66.9 Å². The lowest BCUT2D eigenvalue weighted by atomic mass is 10.2. The van der Waals surface area contributed by atoms with Crippen molar-refractivity contribution in [2.75, 3.05) is 17.2 Å². The predicted octanol–water partition coefficient (Wildman–Crippen LogP) is 4.32. The molecule has 1 amide bonds. The SMILES string of the molecule is CCNc1nc(SC(C)C(=O)Nc2ccccc2F)nc2ccccc12. The molecule has 1 heterocycles. The Morgan fingerprint density at radius 2 is 1.88 bits per heavy atom. The van der Waals surface area contributed by atoms with Crippen molar-refractivity contribution in [3.8, 4) is 0 Å². The van der Waals surface area contributed by atoms with Gasteiger partial charge in [-0.15, -0.1) is 0 Å². The van der Waals surface area contributed by atoms with E-state index in [-0.39, 0.29) is 11.6 Å². The van der Waals surface area contributed by atoms with Crippen molar-refractivity contribution in [2.24, 2.45) is 0 Å². The van der Waals surface area contributed by atoms with Crippen LogP contribution < -0.4 is 10.6 Å². The molecule has 5 nitrogen and oxygen atoms in total. The van der Waals surface area contributed by atoms with Gasteiger partial charge in [-0.1, -0.05) is 36.0 Å². The molecule has 3 aromatic rings. The fourth-order valence-corrected chi connectivity index (χ4v) is 3.20. The number of hydrogen-bond acceptors (Lipinski definition) is 5. The molecule has 0 bridgehead atoms. The second kappa shape index (κ2) is 8.14. The average Bonchev–Trinajstić information content (AvgIpc) is 2.64. The smallest absolute Gasteiger partial charge is 0.237 e. The van der Waals surface area contributed by atoms with E-state index in [2.05, 4.69) is 20.6 Å². The zero-order chi connectivity index (χ0) is 18.5. The van der Waals surface area contributed by atoms with Crippen LogP contribution in [0, 0.1) is 5.82 Å². The van der Waals surface area contributed by atoms with Gasteiger partial charge in [-0.25, -0.2) is 14.4 Å². The summed E-state index contributed by atoms with van der Waals surface area (Å²) in [7, 11) is 0. The van der Waals surface area contributed by atoms with Crippen LogP contribution in [0.4, 0.5) is 15.9 Å². The highest BCUT2D eigenvalue weighted by Gasteiger charge is 2.18. The number of fused-ring (bicyclic) bond motifs is 1. The maximum atomic E-state index is 13.7. The Hall–Kier alpha value is -2.67. The fraction of sp³-hybridized carbons (Fsp3) is 0.211. The van der Waals surface area contributed by atoms with Gasteiger partial charge >= 0.3 is 0 Å². The average molecular weight is 370 g/mol. The molecule has 134 valence electrons. The van der Waals surface area contributed by atoms with Crippen LogP contribution in [0.2, 0.25) is 0 Å². The van der Waals surface area contributed by atoms with E-state index in [1.165, 1.54) is 23.9 Å². The third-order valence-corrected chi connectivity index (χ3v) is 4.67. The number of amides is 1. The molecule has 0 saturated carbocycles. The van der Waals surface area contributed by atoms with Crippen LogP contribution in [0.15, 0.2) is 53.7 Å². The molecule has 0 spiro atoms. The molecular formula is C19H19FN4OS. The van der Waals surface area contributed by atoms with Gasteiger partial charge in [0.2, 0.25) is 5.91 Å². The molecule has 0 radical (unpaired) electrons. The van der Waals surface area contributed by atoms with E-state index >= 15 is 0 Å². The van der Waals surface area contributed by atoms with Crippen molar-refractivity contribution in [2.45, 2.75) is 24.3 Å². The molecule has 1 unspecified atom stereocenters. The van der Waals surface area contributed by atoms with Crippen molar-refractivity contribution >= 4 is 40.1 Å². The summed E-state index contributed by atoms with van der Waals surface area (Å²) >= 11 is 1.23. The summed E-state index contributed by atoms with van der Waals surface area (Å²) in [6.07, 6.45) is 0. The Labute approximate surface area is 155 Å². The number of para-hydroxylation sites is 2. The number of aromatic nitrogens is 2. The minimum atomic E-state index is -0.481. The summed E-state index contributed by atoms with van der Waals surface area (Å²) in [6, 6.07) is 13.8. The summed E-state index contributed by atoms with van der Waals surface area (Å²) in [5.41, 5.74) is 0.973. The minimum absolute atomic E-state index is 0.165. The number of nitrogens with one attached hydrogen (secondary N) is 2. The van der Waals surface area contributed by atoms with Gasteiger partial charge in [-0.05, 0) is 38.1 Å². The summed E-state index contributed by atoms with van der Waals surface area (Å²) in [5, 5.41) is 6.77. The normalized spacial score (nSPS) is 12.0. The van der Waals surface area contributed by atoms with E-state index in [4.69, 9.17) is 0 Å². The van der Waals surface area contributed by atoms with E-state index < -0.39 is 11.1 Å². The molecule has 0 saturated heterocycles. The molecule has 1 atom stereocenters. The van der Waals surface area contributed by atoms with Gasteiger partial charge in [0.1, 0.15) is 11.6 Å². The number of hydrogen-bond donors (Lipinski definition) is 2. The van der Waals surface area contributed by atoms with Crippen molar-refractivity contribution < 1.29 is 9.18 Å². The number of carbonyl (C=O) groups is 1. The van der Waals surface area contributed by atoms with Gasteiger partial charge < -0.3 is 10.6 Å². The molecule has 2 N–H and O–H groups in total. The van der Waals surface area contributed by atoms with E-state index in [0.717, 1.165) is 23.3 Å². The minimum Gasteiger partial charge on any atom is -0.370 e. The van der Waals surface area contributed by atoms with Crippen molar-refractivity contribution in [3.63, 3.8) is 0 Å². The van der Waals surface area contributed by atoms with Crippen LogP contribution in [-0.4, -0.2) is 27.7 Å². The van der Waals surface area contributed by atoms with E-state index in [1.807, 2.05) is 31.2 Å². The lowest BCUT2D eigenvalue weighted by molar-refractivity contribution is -0.115. The number of carbonyl (C=O) groups excluding carboxylic acids is 1. The Morgan fingerprint density at radius 3 is 2.65 bits per heavy atom. The molecule has 0 fully saturated rings. The first-order valence-corrected chi connectivity index (χ1v) is 9.19. The van der Waals surface area contributed by atoms with Crippen molar-refractivity contribution in [1.82, 2.24) is 9.97 Å². The fourth-order valence-electron chi connectivity index (χ4n) is 2.42. The van der Waals surface area contributed by atoms with E-state index in [1.54, 1.807) is 19.1 Å². The third-order valence-electron chi connectivity index (χ3n) is 3.71. The standard InChI is InChI=1S/C19H19FN4OS/c1-3-21-17-13-8-4-6-10-15(13)23-19(24-17)26-12(2)18(25)22-16-11-7-5-9-14(16)20/h4-12H,3H2,1-2H3,(H,22,25)(H,21,23,24). The highest BCUT2D eigenvalue weighted by atomic mass is 32.2. The summed E-state index contributed by atoms with van der Waals surface area (Å²) < 4.78 is 13.7. The highest BCUT2D eigenvalue weighted by Crippen LogP contribution is 2.27. The van der Waals surface area contributed by atoms with Crippen molar-refractivity contribution in [1.29, 1.82) is 0 Å². The van der Waals surface area contributed by atoms with Gasteiger partial charge in [0.05, 0.1) is 16.5 Å². The largest absolute Gasteiger partial charge is 0.370 e. The monoisotopic (exact) mass is 370 g/mol. The molecule has 2 aromatic carbocycles. The number of benzene rings is 2. The quantitative estimate of drug-likeness (QED) is 0.500.